The van der Waals surface area contributed by atoms with Crippen LogP contribution in [0.3, 0.4) is 0 Å². The fourth-order valence-corrected chi connectivity index (χ4v) is 2.81. The summed E-state index contributed by atoms with van der Waals surface area (Å²) in [4.78, 5) is 11.8. The summed E-state index contributed by atoms with van der Waals surface area (Å²) in [5, 5.41) is 7.68. The predicted molar refractivity (Wildman–Crippen MR) is 107 cm³/mol. The minimum Gasteiger partial charge on any atom is -0.497 e. The van der Waals surface area contributed by atoms with Crippen LogP contribution in [0.2, 0.25) is 0 Å². The number of benzene rings is 2. The molecular formula is C21H24N4O2. The van der Waals surface area contributed by atoms with Gasteiger partial charge in [0, 0.05) is 6.07 Å². The lowest BCUT2D eigenvalue weighted by Crippen LogP contribution is -2.14. The third kappa shape index (κ3) is 3.95. The average Bonchev–Trinajstić information content (AvgIpc) is 3.09. The van der Waals surface area contributed by atoms with Crippen molar-refractivity contribution in [2.45, 2.75) is 26.2 Å². The van der Waals surface area contributed by atoms with Crippen molar-refractivity contribution >= 4 is 17.4 Å². The maximum absolute atomic E-state index is 11.8. The van der Waals surface area contributed by atoms with Crippen molar-refractivity contribution in [1.82, 2.24) is 9.78 Å². The molecule has 3 aromatic rings. The Morgan fingerprint density at radius 2 is 1.93 bits per heavy atom. The minimum absolute atomic E-state index is 0.0336. The Morgan fingerprint density at radius 1 is 1.15 bits per heavy atom. The van der Waals surface area contributed by atoms with E-state index in [9.17, 15) is 4.79 Å². The van der Waals surface area contributed by atoms with E-state index in [0.29, 0.717) is 17.0 Å². The van der Waals surface area contributed by atoms with E-state index in [1.807, 2.05) is 18.2 Å². The molecule has 0 aliphatic carbocycles. The van der Waals surface area contributed by atoms with Crippen molar-refractivity contribution in [3.8, 4) is 11.4 Å². The number of hydrogen-bond acceptors (Lipinski definition) is 4. The van der Waals surface area contributed by atoms with Crippen molar-refractivity contribution in [1.29, 1.82) is 0 Å². The van der Waals surface area contributed by atoms with E-state index in [2.05, 4.69) is 43.3 Å². The maximum atomic E-state index is 11.8. The molecule has 2 aromatic carbocycles. The van der Waals surface area contributed by atoms with Crippen LogP contribution < -0.4 is 15.8 Å². The molecule has 0 atom stereocenters. The summed E-state index contributed by atoms with van der Waals surface area (Å²) in [5.41, 5.74) is 8.65. The number of carbonyl (C=O) groups excluding carboxylic acids is 1. The molecule has 6 nitrogen and oxygen atoms in total. The number of anilines is 2. The first-order valence-electron chi connectivity index (χ1n) is 8.69. The van der Waals surface area contributed by atoms with Crippen LogP contribution >= 0.6 is 0 Å². The highest BCUT2D eigenvalue weighted by molar-refractivity contribution is 5.99. The fourth-order valence-electron chi connectivity index (χ4n) is 2.81. The largest absolute Gasteiger partial charge is 0.497 e. The van der Waals surface area contributed by atoms with E-state index in [1.54, 1.807) is 36.2 Å². The molecule has 0 fully saturated rings. The Bertz CT molecular complexity index is 970. The lowest BCUT2D eigenvalue weighted by atomic mass is 9.87. The van der Waals surface area contributed by atoms with Crippen LogP contribution in [0.4, 0.5) is 11.5 Å². The maximum Gasteiger partial charge on any atom is 0.250 e. The molecule has 140 valence electrons. The van der Waals surface area contributed by atoms with E-state index in [-0.39, 0.29) is 5.41 Å². The Balaban J connectivity index is 1.99. The number of ether oxygens (including phenoxy) is 1. The lowest BCUT2D eigenvalue weighted by molar-refractivity contribution is 0.100. The number of aromatic nitrogens is 2. The Kier molecular flexibility index (Phi) is 4.90. The number of nitrogens with one attached hydrogen (secondary N) is 1. The second-order valence-corrected chi connectivity index (χ2v) is 7.33. The molecule has 3 rings (SSSR count). The topological polar surface area (TPSA) is 82.2 Å². The summed E-state index contributed by atoms with van der Waals surface area (Å²) < 4.78 is 6.98. The molecule has 0 radical (unpaired) electrons. The predicted octanol–water partition coefficient (Wildman–Crippen LogP) is 4.02. The van der Waals surface area contributed by atoms with Gasteiger partial charge in [-0.3, -0.25) is 4.79 Å². The van der Waals surface area contributed by atoms with Gasteiger partial charge in [0.05, 0.1) is 30.2 Å². The highest BCUT2D eigenvalue weighted by Gasteiger charge is 2.16. The molecule has 0 unspecified atom stereocenters. The molecule has 0 aliphatic heterocycles. The molecule has 1 amide bonds. The van der Waals surface area contributed by atoms with Gasteiger partial charge in [0.2, 0.25) is 0 Å². The summed E-state index contributed by atoms with van der Waals surface area (Å²) in [6.07, 6.45) is 1.71. The second-order valence-electron chi connectivity index (χ2n) is 7.33. The van der Waals surface area contributed by atoms with Gasteiger partial charge in [-0.2, -0.15) is 5.10 Å². The summed E-state index contributed by atoms with van der Waals surface area (Å²) in [6, 6.07) is 15.2. The fraction of sp³-hybridized carbons (Fsp3) is 0.238. The van der Waals surface area contributed by atoms with E-state index in [1.165, 1.54) is 5.56 Å². The first kappa shape index (κ1) is 18.5. The first-order valence-corrected chi connectivity index (χ1v) is 8.69. The number of rotatable bonds is 5. The van der Waals surface area contributed by atoms with Gasteiger partial charge in [-0.25, -0.2) is 4.68 Å². The average molecular weight is 364 g/mol. The molecule has 1 aromatic heterocycles. The van der Waals surface area contributed by atoms with Gasteiger partial charge >= 0.3 is 0 Å². The summed E-state index contributed by atoms with van der Waals surface area (Å²) >= 11 is 0. The zero-order valence-electron chi connectivity index (χ0n) is 16.0. The molecule has 0 saturated carbocycles. The molecule has 3 N–H and O–H groups in total. The van der Waals surface area contributed by atoms with Crippen molar-refractivity contribution in [2.75, 3.05) is 12.4 Å². The van der Waals surface area contributed by atoms with Crippen LogP contribution in [0.5, 0.6) is 5.75 Å². The number of carbonyl (C=O) groups is 1. The van der Waals surface area contributed by atoms with E-state index in [4.69, 9.17) is 10.5 Å². The molecule has 1 heterocycles. The highest BCUT2D eigenvalue weighted by atomic mass is 16.5. The van der Waals surface area contributed by atoms with Gasteiger partial charge < -0.3 is 15.8 Å². The van der Waals surface area contributed by atoms with E-state index < -0.39 is 5.91 Å². The van der Waals surface area contributed by atoms with Crippen molar-refractivity contribution < 1.29 is 9.53 Å². The molecule has 27 heavy (non-hydrogen) atoms. The van der Waals surface area contributed by atoms with Gasteiger partial charge in [-0.15, -0.1) is 0 Å². The summed E-state index contributed by atoms with van der Waals surface area (Å²) in [5.74, 6) is 0.770. The van der Waals surface area contributed by atoms with Crippen molar-refractivity contribution in [3.63, 3.8) is 0 Å². The SMILES string of the molecule is COc1ccc(Nc2ccnn2-c2cccc(C(C)(C)C)c2)c(C(N)=O)c1. The van der Waals surface area contributed by atoms with Crippen LogP contribution in [-0.4, -0.2) is 22.8 Å². The molecule has 0 saturated heterocycles. The standard InChI is InChI=1S/C21H24N4O2/c1-21(2,3)14-6-5-7-15(12-14)25-19(10-11-23-25)24-18-9-8-16(27-4)13-17(18)20(22)26/h5-13,24H,1-4H3,(H2,22,26). The van der Waals surface area contributed by atoms with Gasteiger partial charge in [-0.1, -0.05) is 32.9 Å². The molecular weight excluding hydrogens is 340 g/mol. The number of methoxy groups -OCH3 is 1. The van der Waals surface area contributed by atoms with Crippen LogP contribution in [0, 0.1) is 0 Å². The van der Waals surface area contributed by atoms with Crippen LogP contribution in [0.1, 0.15) is 36.7 Å². The van der Waals surface area contributed by atoms with E-state index in [0.717, 1.165) is 11.5 Å². The number of nitrogens with zero attached hydrogens (tertiary/aromatic N) is 2. The van der Waals surface area contributed by atoms with Crippen molar-refractivity contribution in [2.24, 2.45) is 5.73 Å². The zero-order chi connectivity index (χ0) is 19.6. The Hall–Kier alpha value is -3.28. The molecule has 0 aliphatic rings. The molecule has 6 heteroatoms. The van der Waals surface area contributed by atoms with Gasteiger partial charge in [0.15, 0.2) is 0 Å². The lowest BCUT2D eigenvalue weighted by Gasteiger charge is -2.20. The Labute approximate surface area is 159 Å². The van der Waals surface area contributed by atoms with Crippen LogP contribution in [-0.2, 0) is 5.41 Å². The zero-order valence-corrected chi connectivity index (χ0v) is 16.0. The summed E-state index contributed by atoms with van der Waals surface area (Å²) in [7, 11) is 1.55. The third-order valence-corrected chi connectivity index (χ3v) is 4.35. The number of hydrogen-bond donors (Lipinski definition) is 2. The molecule has 0 spiro atoms. The van der Waals surface area contributed by atoms with Gasteiger partial charge in [-0.05, 0) is 41.3 Å². The number of nitrogens with two attached hydrogens (primary N) is 1. The van der Waals surface area contributed by atoms with Crippen molar-refractivity contribution in [3.05, 3.63) is 65.9 Å². The highest BCUT2D eigenvalue weighted by Crippen LogP contribution is 2.28. The normalized spacial score (nSPS) is 11.3. The summed E-state index contributed by atoms with van der Waals surface area (Å²) in [6.45, 7) is 6.51. The van der Waals surface area contributed by atoms with E-state index >= 15 is 0 Å². The Morgan fingerprint density at radius 3 is 2.59 bits per heavy atom. The monoisotopic (exact) mass is 364 g/mol. The first-order chi connectivity index (χ1) is 12.8. The van der Waals surface area contributed by atoms with Crippen LogP contribution in [0.25, 0.3) is 5.69 Å². The van der Waals surface area contributed by atoms with Gasteiger partial charge in [0.1, 0.15) is 11.6 Å². The van der Waals surface area contributed by atoms with Gasteiger partial charge in [0.25, 0.3) is 5.91 Å². The minimum atomic E-state index is -0.530. The molecule has 0 bridgehead atoms. The quantitative estimate of drug-likeness (QED) is 0.716. The number of primary amides is 1. The number of amides is 1. The third-order valence-electron chi connectivity index (χ3n) is 4.35. The smallest absolute Gasteiger partial charge is 0.250 e. The second kappa shape index (κ2) is 7.15. The van der Waals surface area contributed by atoms with Crippen LogP contribution in [0.15, 0.2) is 54.7 Å².